The largest absolute Gasteiger partial charge is 0.473 e. The first-order valence-corrected chi connectivity index (χ1v) is 7.66. The van der Waals surface area contributed by atoms with Crippen molar-refractivity contribution in [2.75, 3.05) is 13.6 Å². The van der Waals surface area contributed by atoms with Crippen molar-refractivity contribution in [2.24, 2.45) is 0 Å². The summed E-state index contributed by atoms with van der Waals surface area (Å²) in [4.78, 5) is 6.87. The second-order valence-corrected chi connectivity index (χ2v) is 5.66. The van der Waals surface area contributed by atoms with Crippen molar-refractivity contribution in [2.45, 2.75) is 31.9 Å². The van der Waals surface area contributed by atoms with Crippen LogP contribution in [0.4, 0.5) is 0 Å². The molecular weight excluding hydrogens is 260 g/mol. The summed E-state index contributed by atoms with van der Waals surface area (Å²) >= 11 is 0. The van der Waals surface area contributed by atoms with Gasteiger partial charge in [-0.3, -0.25) is 4.90 Å². The molecule has 3 nitrogen and oxygen atoms in total. The van der Waals surface area contributed by atoms with Gasteiger partial charge in [0.2, 0.25) is 5.88 Å². The topological polar surface area (TPSA) is 25.4 Å². The molecule has 0 amide bonds. The first kappa shape index (κ1) is 14.1. The monoisotopic (exact) mass is 282 g/mol. The van der Waals surface area contributed by atoms with Crippen molar-refractivity contribution in [3.63, 3.8) is 0 Å². The summed E-state index contributed by atoms with van der Waals surface area (Å²) in [5.41, 5.74) is 2.39. The molecule has 0 bridgehead atoms. The predicted octanol–water partition coefficient (Wildman–Crippen LogP) is 3.82. The van der Waals surface area contributed by atoms with Gasteiger partial charge < -0.3 is 4.74 Å². The van der Waals surface area contributed by atoms with Crippen LogP contribution in [0.3, 0.4) is 0 Å². The Morgan fingerprint density at radius 3 is 2.81 bits per heavy atom. The maximum atomic E-state index is 5.99. The van der Waals surface area contributed by atoms with Crippen molar-refractivity contribution in [3.8, 4) is 5.88 Å². The van der Waals surface area contributed by atoms with Crippen LogP contribution in [0.2, 0.25) is 0 Å². The second-order valence-electron chi connectivity index (χ2n) is 5.66. The van der Waals surface area contributed by atoms with E-state index in [1.54, 1.807) is 0 Å². The lowest BCUT2D eigenvalue weighted by Gasteiger charge is -2.33. The van der Waals surface area contributed by atoms with Crippen LogP contribution < -0.4 is 4.74 Å². The molecule has 1 aromatic carbocycles. The Labute approximate surface area is 126 Å². The van der Waals surface area contributed by atoms with Crippen LogP contribution in [0.25, 0.3) is 0 Å². The third kappa shape index (κ3) is 3.42. The lowest BCUT2D eigenvalue weighted by Crippen LogP contribution is -2.30. The number of piperidine rings is 1. The van der Waals surface area contributed by atoms with Crippen LogP contribution in [-0.4, -0.2) is 23.5 Å². The van der Waals surface area contributed by atoms with Gasteiger partial charge in [-0.2, -0.15) is 0 Å². The lowest BCUT2D eigenvalue weighted by molar-refractivity contribution is 0.179. The van der Waals surface area contributed by atoms with E-state index in [2.05, 4.69) is 35.1 Å². The van der Waals surface area contributed by atoms with Crippen molar-refractivity contribution in [3.05, 3.63) is 59.8 Å². The number of aromatic nitrogens is 1. The van der Waals surface area contributed by atoms with Gasteiger partial charge in [0.15, 0.2) is 0 Å². The molecule has 1 aliphatic rings. The van der Waals surface area contributed by atoms with E-state index < -0.39 is 0 Å². The number of hydrogen-bond donors (Lipinski definition) is 0. The highest BCUT2D eigenvalue weighted by molar-refractivity contribution is 5.30. The molecule has 1 fully saturated rings. The minimum atomic E-state index is 0.429. The van der Waals surface area contributed by atoms with E-state index in [-0.39, 0.29) is 0 Å². The fourth-order valence-corrected chi connectivity index (χ4v) is 2.97. The van der Waals surface area contributed by atoms with E-state index >= 15 is 0 Å². The minimum Gasteiger partial charge on any atom is -0.473 e. The Kier molecular flexibility index (Phi) is 4.51. The molecule has 0 saturated carbocycles. The van der Waals surface area contributed by atoms with Crippen molar-refractivity contribution < 1.29 is 4.74 Å². The highest BCUT2D eigenvalue weighted by Gasteiger charge is 2.24. The molecule has 0 radical (unpaired) electrons. The molecule has 3 heteroatoms. The third-order valence-corrected chi connectivity index (χ3v) is 4.15. The van der Waals surface area contributed by atoms with E-state index in [9.17, 15) is 0 Å². The molecule has 1 aromatic heterocycles. The quantitative estimate of drug-likeness (QED) is 0.852. The molecule has 110 valence electrons. The number of pyridine rings is 1. The Balaban J connectivity index is 1.76. The molecule has 1 aliphatic heterocycles. The Morgan fingerprint density at radius 1 is 1.14 bits per heavy atom. The molecule has 3 rings (SSSR count). The van der Waals surface area contributed by atoms with E-state index in [1.807, 2.05) is 30.5 Å². The summed E-state index contributed by atoms with van der Waals surface area (Å²) in [7, 11) is 2.19. The van der Waals surface area contributed by atoms with Gasteiger partial charge in [-0.25, -0.2) is 4.98 Å². The molecule has 21 heavy (non-hydrogen) atoms. The molecule has 0 aliphatic carbocycles. The minimum absolute atomic E-state index is 0.429. The van der Waals surface area contributed by atoms with Gasteiger partial charge in [0.05, 0.1) is 0 Å². The van der Waals surface area contributed by atoms with Gasteiger partial charge in [-0.15, -0.1) is 0 Å². The standard InChI is InChI=1S/C18H22N2O/c1-20-13-6-5-11-17(20)16-10-7-12-19-18(16)21-14-15-8-3-2-4-9-15/h2-4,7-10,12,17H,5-6,11,13-14H2,1H3/t17-/m1/s1. The summed E-state index contributed by atoms with van der Waals surface area (Å²) in [6, 6.07) is 14.8. The molecule has 1 atom stereocenters. The van der Waals surface area contributed by atoms with E-state index in [0.29, 0.717) is 12.6 Å². The van der Waals surface area contributed by atoms with Crippen LogP contribution in [0.5, 0.6) is 5.88 Å². The van der Waals surface area contributed by atoms with E-state index in [0.717, 1.165) is 12.4 Å². The third-order valence-electron chi connectivity index (χ3n) is 4.15. The fraction of sp³-hybridized carbons (Fsp3) is 0.389. The summed E-state index contributed by atoms with van der Waals surface area (Å²) < 4.78 is 5.99. The summed E-state index contributed by atoms with van der Waals surface area (Å²) in [5, 5.41) is 0. The zero-order valence-corrected chi connectivity index (χ0v) is 12.5. The summed E-state index contributed by atoms with van der Waals surface area (Å²) in [6.45, 7) is 1.72. The SMILES string of the molecule is CN1CCCC[C@@H]1c1cccnc1OCc1ccccc1. The molecule has 0 spiro atoms. The Morgan fingerprint density at radius 2 is 2.00 bits per heavy atom. The normalized spacial score (nSPS) is 19.4. The number of ether oxygens (including phenoxy) is 1. The summed E-state index contributed by atoms with van der Waals surface area (Å²) in [5.74, 6) is 0.778. The van der Waals surface area contributed by atoms with Crippen molar-refractivity contribution >= 4 is 0 Å². The smallest absolute Gasteiger partial charge is 0.218 e. The van der Waals surface area contributed by atoms with Gasteiger partial charge in [0.25, 0.3) is 0 Å². The number of rotatable bonds is 4. The molecule has 2 heterocycles. The van der Waals surface area contributed by atoms with Crippen LogP contribution in [0.15, 0.2) is 48.7 Å². The fourth-order valence-electron chi connectivity index (χ4n) is 2.97. The molecular formula is C18H22N2O. The zero-order valence-electron chi connectivity index (χ0n) is 12.5. The van der Waals surface area contributed by atoms with E-state index in [1.165, 1.54) is 30.4 Å². The van der Waals surface area contributed by atoms with Crippen LogP contribution in [0.1, 0.15) is 36.4 Å². The predicted molar refractivity (Wildman–Crippen MR) is 84.2 cm³/mol. The Bertz CT molecular complexity index is 570. The van der Waals surface area contributed by atoms with Gasteiger partial charge in [0.1, 0.15) is 6.61 Å². The summed E-state index contributed by atoms with van der Waals surface area (Å²) in [6.07, 6.45) is 5.56. The highest BCUT2D eigenvalue weighted by Crippen LogP contribution is 2.34. The molecule has 2 aromatic rings. The van der Waals surface area contributed by atoms with Gasteiger partial charge >= 0.3 is 0 Å². The average molecular weight is 282 g/mol. The zero-order chi connectivity index (χ0) is 14.5. The molecule has 0 unspecified atom stereocenters. The number of hydrogen-bond acceptors (Lipinski definition) is 3. The molecule has 0 N–H and O–H groups in total. The number of nitrogens with zero attached hydrogens (tertiary/aromatic N) is 2. The highest BCUT2D eigenvalue weighted by atomic mass is 16.5. The first-order chi connectivity index (χ1) is 10.3. The van der Waals surface area contributed by atoms with Crippen molar-refractivity contribution in [1.82, 2.24) is 9.88 Å². The lowest BCUT2D eigenvalue weighted by atomic mass is 9.96. The second kappa shape index (κ2) is 6.72. The first-order valence-electron chi connectivity index (χ1n) is 7.66. The maximum absolute atomic E-state index is 5.99. The van der Waals surface area contributed by atoms with Gasteiger partial charge in [0, 0.05) is 17.8 Å². The van der Waals surface area contributed by atoms with Gasteiger partial charge in [-0.1, -0.05) is 42.8 Å². The maximum Gasteiger partial charge on any atom is 0.218 e. The number of benzene rings is 1. The van der Waals surface area contributed by atoms with Crippen molar-refractivity contribution in [1.29, 1.82) is 0 Å². The van der Waals surface area contributed by atoms with Gasteiger partial charge in [-0.05, 0) is 38.1 Å². The van der Waals surface area contributed by atoms with E-state index in [4.69, 9.17) is 4.74 Å². The number of likely N-dealkylation sites (tertiary alicyclic amines) is 1. The van der Waals surface area contributed by atoms with Crippen LogP contribution >= 0.6 is 0 Å². The van der Waals surface area contributed by atoms with Crippen LogP contribution in [-0.2, 0) is 6.61 Å². The average Bonchev–Trinajstić information content (AvgIpc) is 2.55. The Hall–Kier alpha value is -1.87. The van der Waals surface area contributed by atoms with Crippen LogP contribution in [0, 0.1) is 0 Å². The molecule has 1 saturated heterocycles.